The largest absolute Gasteiger partial charge is 0.481 e. The van der Waals surface area contributed by atoms with Gasteiger partial charge in [-0.2, -0.15) is 18.3 Å². The molecule has 1 aliphatic rings. The Balaban J connectivity index is 1.96. The summed E-state index contributed by atoms with van der Waals surface area (Å²) in [6, 6.07) is 7.73. The summed E-state index contributed by atoms with van der Waals surface area (Å²) in [6.07, 6.45) is -4.69. The summed E-state index contributed by atoms with van der Waals surface area (Å²) in [6.45, 7) is 3.25. The smallest absolute Gasteiger partial charge is 0.433 e. The molecule has 0 radical (unpaired) electrons. The van der Waals surface area contributed by atoms with Crippen LogP contribution in [-0.4, -0.2) is 27.2 Å². The molecular weight excluding hydrogens is 351 g/mol. The van der Waals surface area contributed by atoms with Gasteiger partial charge in [-0.15, -0.1) is 0 Å². The number of amides is 1. The van der Waals surface area contributed by atoms with E-state index in [0.717, 1.165) is 0 Å². The Morgan fingerprint density at radius 1 is 1.19 bits per heavy atom. The van der Waals surface area contributed by atoms with E-state index in [1.165, 1.54) is 12.1 Å². The molecule has 2 aromatic rings. The SMILES string of the molecule is CC1(C)[C@H](C(=O)Nc2n[nH]c(C(F)(F)F)c2-c2ccccc2)[C@@H]1C(=O)O. The van der Waals surface area contributed by atoms with E-state index in [4.69, 9.17) is 5.11 Å². The van der Waals surface area contributed by atoms with Crippen molar-refractivity contribution in [3.63, 3.8) is 0 Å². The summed E-state index contributed by atoms with van der Waals surface area (Å²) in [5.41, 5.74) is -1.90. The van der Waals surface area contributed by atoms with Crippen molar-refractivity contribution in [3.05, 3.63) is 36.0 Å². The number of carboxylic acid groups (broad SMARTS) is 1. The molecule has 138 valence electrons. The third kappa shape index (κ3) is 2.93. The summed E-state index contributed by atoms with van der Waals surface area (Å²) in [5.74, 6) is -3.78. The van der Waals surface area contributed by atoms with Gasteiger partial charge in [-0.3, -0.25) is 14.7 Å². The third-order valence-corrected chi connectivity index (χ3v) is 4.73. The highest BCUT2D eigenvalue weighted by molar-refractivity contribution is 6.01. The Labute approximate surface area is 146 Å². The number of hydrogen-bond acceptors (Lipinski definition) is 3. The number of carbonyl (C=O) groups excluding carboxylic acids is 1. The van der Waals surface area contributed by atoms with Crippen molar-refractivity contribution in [2.24, 2.45) is 17.3 Å². The van der Waals surface area contributed by atoms with E-state index in [1.54, 1.807) is 32.0 Å². The first kappa shape index (κ1) is 18.0. The monoisotopic (exact) mass is 367 g/mol. The number of aromatic amines is 1. The number of alkyl halides is 3. The number of halogens is 3. The van der Waals surface area contributed by atoms with Crippen LogP contribution in [0.3, 0.4) is 0 Å². The summed E-state index contributed by atoms with van der Waals surface area (Å²) >= 11 is 0. The molecule has 0 bridgehead atoms. The number of nitrogens with zero attached hydrogens (tertiary/aromatic N) is 1. The molecule has 1 heterocycles. The Bertz CT molecular complexity index is 859. The number of nitrogens with one attached hydrogen (secondary N) is 2. The van der Waals surface area contributed by atoms with Crippen LogP contribution in [0.4, 0.5) is 19.0 Å². The van der Waals surface area contributed by atoms with Gasteiger partial charge in [0.15, 0.2) is 5.82 Å². The molecule has 0 saturated heterocycles. The van der Waals surface area contributed by atoms with Crippen LogP contribution in [0, 0.1) is 17.3 Å². The van der Waals surface area contributed by atoms with E-state index in [2.05, 4.69) is 10.4 Å². The van der Waals surface area contributed by atoms with E-state index in [-0.39, 0.29) is 16.9 Å². The van der Waals surface area contributed by atoms with Crippen molar-refractivity contribution < 1.29 is 27.9 Å². The van der Waals surface area contributed by atoms with Crippen LogP contribution in [-0.2, 0) is 15.8 Å². The summed E-state index contributed by atoms with van der Waals surface area (Å²) in [4.78, 5) is 23.7. The second-order valence-corrected chi connectivity index (χ2v) is 6.79. The minimum atomic E-state index is -4.69. The zero-order chi connectivity index (χ0) is 19.3. The fraction of sp³-hybridized carbons (Fsp3) is 0.353. The number of aliphatic carboxylic acids is 1. The Morgan fingerprint density at radius 2 is 1.81 bits per heavy atom. The molecule has 1 aromatic heterocycles. The molecule has 0 spiro atoms. The van der Waals surface area contributed by atoms with E-state index in [1.807, 2.05) is 5.10 Å². The molecule has 26 heavy (non-hydrogen) atoms. The Morgan fingerprint density at radius 3 is 2.31 bits per heavy atom. The number of benzene rings is 1. The van der Waals surface area contributed by atoms with Crippen LogP contribution in [0.2, 0.25) is 0 Å². The molecule has 2 atom stereocenters. The maximum Gasteiger partial charge on any atom is 0.433 e. The normalized spacial score (nSPS) is 21.3. The fourth-order valence-corrected chi connectivity index (χ4v) is 3.31. The molecule has 1 saturated carbocycles. The number of carboxylic acids is 1. The van der Waals surface area contributed by atoms with Crippen LogP contribution < -0.4 is 5.32 Å². The molecule has 0 aliphatic heterocycles. The average Bonchev–Trinajstić information content (AvgIpc) is 2.90. The predicted molar refractivity (Wildman–Crippen MR) is 86.1 cm³/mol. The first-order chi connectivity index (χ1) is 12.0. The van der Waals surface area contributed by atoms with Crippen LogP contribution >= 0.6 is 0 Å². The summed E-state index contributed by atoms with van der Waals surface area (Å²) in [5, 5.41) is 17.1. The van der Waals surface area contributed by atoms with Gasteiger partial charge in [0.1, 0.15) is 5.69 Å². The average molecular weight is 367 g/mol. The van der Waals surface area contributed by atoms with Crippen molar-refractivity contribution in [3.8, 4) is 11.1 Å². The molecule has 1 amide bonds. The van der Waals surface area contributed by atoms with Gasteiger partial charge in [0.05, 0.1) is 17.4 Å². The highest BCUT2D eigenvalue weighted by atomic mass is 19.4. The van der Waals surface area contributed by atoms with Gasteiger partial charge < -0.3 is 10.4 Å². The maximum atomic E-state index is 13.3. The summed E-state index contributed by atoms with van der Waals surface area (Å²) < 4.78 is 39.9. The third-order valence-electron chi connectivity index (χ3n) is 4.73. The fourth-order valence-electron chi connectivity index (χ4n) is 3.31. The van der Waals surface area contributed by atoms with Crippen molar-refractivity contribution >= 4 is 17.7 Å². The first-order valence-electron chi connectivity index (χ1n) is 7.79. The van der Waals surface area contributed by atoms with Crippen LogP contribution in [0.15, 0.2) is 30.3 Å². The van der Waals surface area contributed by atoms with Crippen LogP contribution in [0.25, 0.3) is 11.1 Å². The lowest BCUT2D eigenvalue weighted by Crippen LogP contribution is -2.18. The molecule has 9 heteroatoms. The molecule has 6 nitrogen and oxygen atoms in total. The van der Waals surface area contributed by atoms with Gasteiger partial charge in [-0.25, -0.2) is 0 Å². The number of hydrogen-bond donors (Lipinski definition) is 3. The van der Waals surface area contributed by atoms with Crippen LogP contribution in [0.5, 0.6) is 0 Å². The molecule has 0 unspecified atom stereocenters. The van der Waals surface area contributed by atoms with E-state index in [9.17, 15) is 22.8 Å². The second kappa shape index (κ2) is 5.86. The number of anilines is 1. The standard InChI is InChI=1S/C17H16F3N3O3/c1-16(2)10(11(16)15(25)26)14(24)21-13-9(8-6-4-3-5-7-8)12(22-23-13)17(18,19)20/h3-7,10-11H,1-2H3,(H,25,26)(H2,21,22,23,24)/t10-,11+/m0/s1. The zero-order valence-electron chi connectivity index (χ0n) is 13.9. The first-order valence-corrected chi connectivity index (χ1v) is 7.79. The molecule has 1 fully saturated rings. The van der Waals surface area contributed by atoms with Gasteiger partial charge in [-0.05, 0) is 11.0 Å². The van der Waals surface area contributed by atoms with Crippen molar-refractivity contribution in [2.75, 3.05) is 5.32 Å². The highest BCUT2D eigenvalue weighted by Crippen LogP contribution is 2.58. The van der Waals surface area contributed by atoms with Gasteiger partial charge in [0, 0.05) is 0 Å². The van der Waals surface area contributed by atoms with E-state index >= 15 is 0 Å². The topological polar surface area (TPSA) is 95.1 Å². The van der Waals surface area contributed by atoms with Gasteiger partial charge in [0.2, 0.25) is 5.91 Å². The lowest BCUT2D eigenvalue weighted by atomic mass is 10.0. The van der Waals surface area contributed by atoms with Gasteiger partial charge >= 0.3 is 12.1 Å². The highest BCUT2D eigenvalue weighted by Gasteiger charge is 2.66. The molecule has 1 aliphatic carbocycles. The quantitative estimate of drug-likeness (QED) is 0.772. The minimum Gasteiger partial charge on any atom is -0.481 e. The number of rotatable bonds is 4. The maximum absolute atomic E-state index is 13.3. The molecule has 3 rings (SSSR count). The Kier molecular flexibility index (Phi) is 4.05. The lowest BCUT2D eigenvalue weighted by Gasteiger charge is -2.10. The Hall–Kier alpha value is -2.84. The zero-order valence-corrected chi connectivity index (χ0v) is 13.9. The number of H-pyrrole nitrogens is 1. The number of aromatic nitrogens is 2. The van der Waals surface area contributed by atoms with Crippen molar-refractivity contribution in [2.45, 2.75) is 20.0 Å². The van der Waals surface area contributed by atoms with Crippen molar-refractivity contribution in [1.82, 2.24) is 10.2 Å². The predicted octanol–water partition coefficient (Wildman–Crippen LogP) is 3.39. The number of carbonyl (C=O) groups is 2. The second-order valence-electron chi connectivity index (χ2n) is 6.79. The van der Waals surface area contributed by atoms with Crippen molar-refractivity contribution in [1.29, 1.82) is 0 Å². The van der Waals surface area contributed by atoms with E-state index < -0.39 is 41.0 Å². The molecule has 1 aromatic carbocycles. The lowest BCUT2D eigenvalue weighted by molar-refractivity contribution is -0.141. The van der Waals surface area contributed by atoms with Gasteiger partial charge in [0.25, 0.3) is 0 Å². The van der Waals surface area contributed by atoms with Crippen LogP contribution in [0.1, 0.15) is 19.5 Å². The van der Waals surface area contributed by atoms with E-state index in [0.29, 0.717) is 0 Å². The molecule has 3 N–H and O–H groups in total. The summed E-state index contributed by atoms with van der Waals surface area (Å²) in [7, 11) is 0. The molecular formula is C17H16F3N3O3. The van der Waals surface area contributed by atoms with Gasteiger partial charge in [-0.1, -0.05) is 44.2 Å². The minimum absolute atomic E-state index is 0.230.